The standard InChI is InChI=1S/C22H34N2O2/c1-15(2)19(21(26)24-14-8-7-9-16(24)3)23-20(25)17-10-12-18(13-11-17)22(4,5)6/h10-13,15-16,19H,7-9,14H2,1-6H3,(H,23,25). The fraction of sp³-hybridized carbons (Fsp3) is 0.636. The minimum absolute atomic E-state index is 0.0480. The first kappa shape index (κ1) is 20.5. The summed E-state index contributed by atoms with van der Waals surface area (Å²) >= 11 is 0. The van der Waals surface area contributed by atoms with Crippen molar-refractivity contribution in [3.8, 4) is 0 Å². The lowest BCUT2D eigenvalue weighted by atomic mass is 9.86. The number of nitrogens with zero attached hydrogens (tertiary/aromatic N) is 1. The van der Waals surface area contributed by atoms with Crippen molar-refractivity contribution in [3.05, 3.63) is 35.4 Å². The van der Waals surface area contributed by atoms with E-state index in [9.17, 15) is 9.59 Å². The van der Waals surface area contributed by atoms with E-state index in [1.807, 2.05) is 43.0 Å². The van der Waals surface area contributed by atoms with E-state index in [1.54, 1.807) is 0 Å². The van der Waals surface area contributed by atoms with Gasteiger partial charge in [-0.3, -0.25) is 9.59 Å². The Labute approximate surface area is 158 Å². The number of amides is 2. The van der Waals surface area contributed by atoms with Crippen LogP contribution in [0, 0.1) is 5.92 Å². The molecule has 2 unspecified atom stereocenters. The van der Waals surface area contributed by atoms with Gasteiger partial charge < -0.3 is 10.2 Å². The van der Waals surface area contributed by atoms with Gasteiger partial charge in [0.25, 0.3) is 5.91 Å². The second-order valence-corrected chi connectivity index (χ2v) is 8.90. The third-order valence-electron chi connectivity index (χ3n) is 5.32. The Morgan fingerprint density at radius 3 is 2.23 bits per heavy atom. The maximum atomic E-state index is 13.0. The zero-order valence-electron chi connectivity index (χ0n) is 17.1. The SMILES string of the molecule is CC(C)C(NC(=O)c1ccc(C(C)(C)C)cc1)C(=O)N1CCCCC1C. The minimum Gasteiger partial charge on any atom is -0.340 e. The first-order chi connectivity index (χ1) is 12.1. The largest absolute Gasteiger partial charge is 0.340 e. The normalized spacial score (nSPS) is 19.3. The van der Waals surface area contributed by atoms with E-state index < -0.39 is 6.04 Å². The second kappa shape index (κ2) is 8.24. The molecule has 26 heavy (non-hydrogen) atoms. The Balaban J connectivity index is 2.11. The Morgan fingerprint density at radius 2 is 1.73 bits per heavy atom. The lowest BCUT2D eigenvalue weighted by molar-refractivity contribution is -0.137. The highest BCUT2D eigenvalue weighted by Gasteiger charge is 2.32. The molecule has 0 bridgehead atoms. The molecule has 1 aliphatic rings. The molecule has 2 atom stereocenters. The molecule has 4 heteroatoms. The molecule has 144 valence electrons. The third-order valence-corrected chi connectivity index (χ3v) is 5.32. The van der Waals surface area contributed by atoms with Gasteiger partial charge in [0.1, 0.15) is 6.04 Å². The Morgan fingerprint density at radius 1 is 1.12 bits per heavy atom. The maximum Gasteiger partial charge on any atom is 0.251 e. The summed E-state index contributed by atoms with van der Waals surface area (Å²) in [6.45, 7) is 13.3. The van der Waals surface area contributed by atoms with Crippen LogP contribution >= 0.6 is 0 Å². The predicted molar refractivity (Wildman–Crippen MR) is 106 cm³/mol. The van der Waals surface area contributed by atoms with Crippen LogP contribution in [-0.2, 0) is 10.2 Å². The zero-order chi connectivity index (χ0) is 19.5. The number of carbonyl (C=O) groups is 2. The third kappa shape index (κ3) is 4.87. The van der Waals surface area contributed by atoms with Crippen LogP contribution < -0.4 is 5.32 Å². The van der Waals surface area contributed by atoms with Crippen LogP contribution in [-0.4, -0.2) is 35.3 Å². The molecule has 1 saturated heterocycles. The highest BCUT2D eigenvalue weighted by molar-refractivity contribution is 5.97. The number of nitrogens with one attached hydrogen (secondary N) is 1. The average molecular weight is 359 g/mol. The Bertz CT molecular complexity index is 629. The van der Waals surface area contributed by atoms with Gasteiger partial charge in [-0.2, -0.15) is 0 Å². The molecule has 4 nitrogen and oxygen atoms in total. The van der Waals surface area contributed by atoms with Crippen molar-refractivity contribution in [2.45, 2.75) is 78.3 Å². The first-order valence-electron chi connectivity index (χ1n) is 9.83. The highest BCUT2D eigenvalue weighted by Crippen LogP contribution is 2.23. The van der Waals surface area contributed by atoms with Gasteiger partial charge in [0.15, 0.2) is 0 Å². The highest BCUT2D eigenvalue weighted by atomic mass is 16.2. The van der Waals surface area contributed by atoms with Crippen LogP contribution in [0.1, 0.15) is 76.7 Å². The molecular weight excluding hydrogens is 324 g/mol. The smallest absolute Gasteiger partial charge is 0.251 e. The van der Waals surface area contributed by atoms with Gasteiger partial charge in [-0.1, -0.05) is 46.8 Å². The van der Waals surface area contributed by atoms with Crippen LogP contribution in [0.5, 0.6) is 0 Å². The summed E-state index contributed by atoms with van der Waals surface area (Å²) in [7, 11) is 0. The van der Waals surface area contributed by atoms with E-state index >= 15 is 0 Å². The molecule has 1 fully saturated rings. The van der Waals surface area contributed by atoms with Gasteiger partial charge in [0.05, 0.1) is 0 Å². The van der Waals surface area contributed by atoms with E-state index in [4.69, 9.17) is 0 Å². The van der Waals surface area contributed by atoms with Crippen molar-refractivity contribution in [3.63, 3.8) is 0 Å². The van der Waals surface area contributed by atoms with Crippen molar-refractivity contribution < 1.29 is 9.59 Å². The molecule has 1 N–H and O–H groups in total. The summed E-state index contributed by atoms with van der Waals surface area (Å²) in [4.78, 5) is 27.7. The average Bonchev–Trinajstić information content (AvgIpc) is 2.58. The van der Waals surface area contributed by atoms with Crippen molar-refractivity contribution in [1.29, 1.82) is 0 Å². The molecule has 0 radical (unpaired) electrons. The van der Waals surface area contributed by atoms with Crippen LogP contribution in [0.15, 0.2) is 24.3 Å². The molecule has 0 aromatic heterocycles. The molecule has 1 aromatic carbocycles. The van der Waals surface area contributed by atoms with Crippen LogP contribution in [0.4, 0.5) is 0 Å². The lowest BCUT2D eigenvalue weighted by Crippen LogP contribution is -2.54. The molecule has 2 amide bonds. The number of benzene rings is 1. The number of piperidine rings is 1. The maximum absolute atomic E-state index is 13.0. The van der Waals surface area contributed by atoms with E-state index in [1.165, 1.54) is 12.0 Å². The molecule has 2 rings (SSSR count). The molecule has 1 aliphatic heterocycles. The summed E-state index contributed by atoms with van der Waals surface area (Å²) in [5.41, 5.74) is 1.84. The fourth-order valence-electron chi connectivity index (χ4n) is 3.46. The fourth-order valence-corrected chi connectivity index (χ4v) is 3.46. The van der Waals surface area contributed by atoms with Crippen molar-refractivity contribution >= 4 is 11.8 Å². The molecule has 0 spiro atoms. The number of likely N-dealkylation sites (tertiary alicyclic amines) is 1. The number of hydrogen-bond donors (Lipinski definition) is 1. The lowest BCUT2D eigenvalue weighted by Gasteiger charge is -2.37. The topological polar surface area (TPSA) is 49.4 Å². The molecule has 0 aliphatic carbocycles. The quantitative estimate of drug-likeness (QED) is 0.879. The number of hydrogen-bond acceptors (Lipinski definition) is 2. The molecule has 0 saturated carbocycles. The van der Waals surface area contributed by atoms with Crippen LogP contribution in [0.25, 0.3) is 0 Å². The first-order valence-corrected chi connectivity index (χ1v) is 9.83. The van der Waals surface area contributed by atoms with Gasteiger partial charge in [-0.15, -0.1) is 0 Å². The van der Waals surface area contributed by atoms with Crippen molar-refractivity contribution in [2.24, 2.45) is 5.92 Å². The van der Waals surface area contributed by atoms with E-state index in [-0.39, 0.29) is 29.2 Å². The minimum atomic E-state index is -0.481. The summed E-state index contributed by atoms with van der Waals surface area (Å²) < 4.78 is 0. The van der Waals surface area contributed by atoms with Gasteiger partial charge in [-0.05, 0) is 55.2 Å². The molecule has 1 heterocycles. The second-order valence-electron chi connectivity index (χ2n) is 8.90. The summed E-state index contributed by atoms with van der Waals surface area (Å²) in [5, 5.41) is 2.98. The number of carbonyl (C=O) groups excluding carboxylic acids is 2. The van der Waals surface area contributed by atoms with Gasteiger partial charge in [0, 0.05) is 18.2 Å². The van der Waals surface area contributed by atoms with E-state index in [0.29, 0.717) is 5.56 Å². The van der Waals surface area contributed by atoms with Gasteiger partial charge >= 0.3 is 0 Å². The van der Waals surface area contributed by atoms with Gasteiger partial charge in [0.2, 0.25) is 5.91 Å². The Kier molecular flexibility index (Phi) is 6.48. The van der Waals surface area contributed by atoms with Gasteiger partial charge in [-0.25, -0.2) is 0 Å². The molecule has 1 aromatic rings. The van der Waals surface area contributed by atoms with Crippen molar-refractivity contribution in [2.75, 3.05) is 6.54 Å². The summed E-state index contributed by atoms with van der Waals surface area (Å²) in [6.07, 6.45) is 3.26. The van der Waals surface area contributed by atoms with Crippen molar-refractivity contribution in [1.82, 2.24) is 10.2 Å². The molecular formula is C22H34N2O2. The zero-order valence-corrected chi connectivity index (χ0v) is 17.1. The summed E-state index contributed by atoms with van der Waals surface area (Å²) in [6, 6.07) is 7.45. The van der Waals surface area contributed by atoms with Crippen LogP contribution in [0.3, 0.4) is 0 Å². The monoisotopic (exact) mass is 358 g/mol. The number of rotatable bonds is 4. The van der Waals surface area contributed by atoms with Crippen LogP contribution in [0.2, 0.25) is 0 Å². The predicted octanol–water partition coefficient (Wildman–Crippen LogP) is 4.14. The summed E-state index contributed by atoms with van der Waals surface area (Å²) in [5.74, 6) is -0.0801. The van der Waals surface area contributed by atoms with E-state index in [0.717, 1.165) is 19.4 Å². The van der Waals surface area contributed by atoms with E-state index in [2.05, 4.69) is 33.0 Å². The Hall–Kier alpha value is -1.84.